The topological polar surface area (TPSA) is 90.0 Å². The van der Waals surface area contributed by atoms with E-state index in [4.69, 9.17) is 60.6 Å². The van der Waals surface area contributed by atoms with Crippen molar-refractivity contribution in [2.45, 2.75) is 12.7 Å². The summed E-state index contributed by atoms with van der Waals surface area (Å²) in [7, 11) is 3.18. The Bertz CT molecular complexity index is 1830. The van der Waals surface area contributed by atoms with Gasteiger partial charge in [-0.3, -0.25) is 14.6 Å². The first kappa shape index (κ1) is 38.8. The number of halogens is 7. The van der Waals surface area contributed by atoms with Crippen molar-refractivity contribution in [3.05, 3.63) is 127 Å². The molecule has 0 aliphatic carbocycles. The van der Waals surface area contributed by atoms with Gasteiger partial charge in [0.15, 0.2) is 11.5 Å². The number of pyridine rings is 1. The Morgan fingerprint density at radius 2 is 1.50 bits per heavy atom. The number of carbonyl (C=O) groups excluding carboxylic acids is 2. The second-order valence-electron chi connectivity index (χ2n) is 10.5. The number of hydrogen-bond acceptors (Lipinski definition) is 6. The molecule has 264 valence electrons. The Kier molecular flexibility index (Phi) is 13.8. The van der Waals surface area contributed by atoms with E-state index in [0.717, 1.165) is 22.8 Å². The lowest BCUT2D eigenvalue weighted by atomic mass is 9.96. The van der Waals surface area contributed by atoms with Gasteiger partial charge in [-0.15, -0.1) is 0 Å². The van der Waals surface area contributed by atoms with Crippen LogP contribution in [0.4, 0.5) is 13.2 Å². The van der Waals surface area contributed by atoms with E-state index >= 15 is 0 Å². The van der Waals surface area contributed by atoms with Gasteiger partial charge in [0.2, 0.25) is 5.91 Å². The Labute approximate surface area is 306 Å². The molecule has 1 aromatic heterocycles. The molecule has 0 bridgehead atoms. The summed E-state index contributed by atoms with van der Waals surface area (Å²) in [6, 6.07) is 18.3. The predicted molar refractivity (Wildman–Crippen MR) is 187 cm³/mol. The Balaban J connectivity index is 0.000000228. The maximum atomic E-state index is 12.8. The molecule has 1 aliphatic rings. The number of benzene rings is 3. The molecule has 50 heavy (non-hydrogen) atoms. The average Bonchev–Trinajstić information content (AvgIpc) is 3.10. The van der Waals surface area contributed by atoms with Crippen LogP contribution in [0.15, 0.2) is 79.0 Å². The van der Waals surface area contributed by atoms with Gasteiger partial charge in [0.25, 0.3) is 5.91 Å². The van der Waals surface area contributed by atoms with Crippen LogP contribution in [0.1, 0.15) is 32.7 Å². The van der Waals surface area contributed by atoms with E-state index < -0.39 is 17.6 Å². The van der Waals surface area contributed by atoms with Crippen LogP contribution in [0.2, 0.25) is 20.1 Å². The van der Waals surface area contributed by atoms with Gasteiger partial charge in [-0.2, -0.15) is 13.2 Å². The Morgan fingerprint density at radius 3 is 2.08 bits per heavy atom. The van der Waals surface area contributed by atoms with Gasteiger partial charge in [-0.25, -0.2) is 0 Å². The molecule has 0 unspecified atom stereocenters. The van der Waals surface area contributed by atoms with Crippen molar-refractivity contribution >= 4 is 63.8 Å². The van der Waals surface area contributed by atoms with E-state index in [1.54, 1.807) is 31.3 Å². The van der Waals surface area contributed by atoms with Crippen molar-refractivity contribution in [3.8, 4) is 11.5 Å². The SMILES string of the molecule is COc1ccc(/C(=C/C(=O)N2CCOCC2)c2ccc(Cl)cc2)cc1OC.O=C(NCc1ncc(C(F)(F)F)cc1Cl)c1c(Cl)cccc1Cl. The summed E-state index contributed by atoms with van der Waals surface area (Å²) in [5, 5.41) is 3.21. The van der Waals surface area contributed by atoms with Crippen LogP contribution in [-0.2, 0) is 22.3 Å². The molecule has 15 heteroatoms. The lowest BCUT2D eigenvalue weighted by Gasteiger charge is -2.26. The quantitative estimate of drug-likeness (QED) is 0.181. The highest BCUT2D eigenvalue weighted by molar-refractivity contribution is 6.39. The minimum absolute atomic E-state index is 0.0435. The van der Waals surface area contributed by atoms with Crippen LogP contribution in [0.3, 0.4) is 0 Å². The molecule has 1 saturated heterocycles. The van der Waals surface area contributed by atoms with E-state index in [1.165, 1.54) is 12.1 Å². The van der Waals surface area contributed by atoms with Crippen molar-refractivity contribution in [1.82, 2.24) is 15.2 Å². The summed E-state index contributed by atoms with van der Waals surface area (Å²) < 4.78 is 53.6. The number of ether oxygens (including phenoxy) is 3. The first-order valence-corrected chi connectivity index (χ1v) is 16.3. The summed E-state index contributed by atoms with van der Waals surface area (Å²) in [5.74, 6) is 0.612. The standard InChI is InChI=1S/C21H22ClNO4.C14H8Cl3F3N2O/c1-25-19-8-5-16(13-20(19)26-2)18(15-3-6-17(22)7-4-15)14-21(24)23-9-11-27-12-10-23;15-8-2-1-3-9(16)12(8)13(23)22-6-11-10(17)4-7(5-21-11)14(18,19)20/h3-8,13-14H,9-12H2,1-2H3;1-5H,6H2,(H,22,23)/b18-14+;. The average molecular weight is 771 g/mol. The third kappa shape index (κ3) is 10.3. The van der Waals surface area contributed by atoms with Crippen molar-refractivity contribution < 1.29 is 37.0 Å². The van der Waals surface area contributed by atoms with E-state index in [1.807, 2.05) is 42.5 Å². The van der Waals surface area contributed by atoms with Gasteiger partial charge in [0.1, 0.15) is 0 Å². The van der Waals surface area contributed by atoms with Gasteiger partial charge < -0.3 is 24.4 Å². The molecule has 1 fully saturated rings. The van der Waals surface area contributed by atoms with Crippen molar-refractivity contribution in [2.24, 2.45) is 0 Å². The number of alkyl halides is 3. The van der Waals surface area contributed by atoms with Crippen LogP contribution >= 0.6 is 46.4 Å². The third-order valence-corrected chi connectivity index (χ3v) is 8.50. The monoisotopic (exact) mass is 769 g/mol. The highest BCUT2D eigenvalue weighted by Gasteiger charge is 2.31. The van der Waals surface area contributed by atoms with Crippen LogP contribution in [0, 0.1) is 0 Å². The number of carbonyl (C=O) groups is 2. The lowest BCUT2D eigenvalue weighted by Crippen LogP contribution is -2.39. The normalized spacial score (nSPS) is 13.2. The minimum Gasteiger partial charge on any atom is -0.493 e. The maximum Gasteiger partial charge on any atom is 0.417 e. The van der Waals surface area contributed by atoms with Gasteiger partial charge in [0, 0.05) is 30.4 Å². The molecule has 0 radical (unpaired) electrons. The molecule has 2 amide bonds. The number of morpholine rings is 1. The Morgan fingerprint density at radius 1 is 0.880 bits per heavy atom. The summed E-state index contributed by atoms with van der Waals surface area (Å²) in [4.78, 5) is 30.3. The van der Waals surface area contributed by atoms with Crippen molar-refractivity contribution in [3.63, 3.8) is 0 Å². The number of nitrogens with one attached hydrogen (secondary N) is 1. The molecule has 0 atom stereocenters. The van der Waals surface area contributed by atoms with Crippen LogP contribution in [-0.4, -0.2) is 62.2 Å². The smallest absolute Gasteiger partial charge is 0.417 e. The fourth-order valence-electron chi connectivity index (χ4n) is 4.68. The van der Waals surface area contributed by atoms with E-state index in [9.17, 15) is 22.8 Å². The zero-order valence-corrected chi connectivity index (χ0v) is 29.6. The van der Waals surface area contributed by atoms with Crippen molar-refractivity contribution in [1.29, 1.82) is 0 Å². The van der Waals surface area contributed by atoms with Crippen LogP contribution in [0.25, 0.3) is 5.57 Å². The predicted octanol–water partition coefficient (Wildman–Crippen LogP) is 8.64. The Hall–Kier alpha value is -4.00. The number of rotatable bonds is 8. The van der Waals surface area contributed by atoms with E-state index in [0.29, 0.717) is 49.0 Å². The number of aromatic nitrogens is 1. The summed E-state index contributed by atoms with van der Waals surface area (Å²) in [6.45, 7) is 2.14. The molecule has 4 aromatic rings. The molecular formula is C35H30Cl4F3N3O5. The zero-order chi connectivity index (χ0) is 36.4. The number of amides is 2. The lowest BCUT2D eigenvalue weighted by molar-refractivity contribution is -0.137. The minimum atomic E-state index is -4.54. The molecule has 2 heterocycles. The van der Waals surface area contributed by atoms with Gasteiger partial charge in [0.05, 0.1) is 65.9 Å². The molecule has 3 aromatic carbocycles. The second-order valence-corrected chi connectivity index (χ2v) is 12.2. The molecule has 0 spiro atoms. The number of hydrogen-bond donors (Lipinski definition) is 1. The number of nitrogens with zero attached hydrogens (tertiary/aromatic N) is 2. The van der Waals surface area contributed by atoms with Gasteiger partial charge >= 0.3 is 6.18 Å². The van der Waals surface area contributed by atoms with Crippen LogP contribution in [0.5, 0.6) is 11.5 Å². The molecule has 1 aliphatic heterocycles. The zero-order valence-electron chi connectivity index (χ0n) is 26.6. The van der Waals surface area contributed by atoms with Gasteiger partial charge in [-0.1, -0.05) is 70.7 Å². The second kappa shape index (κ2) is 17.8. The fraction of sp³-hybridized carbons (Fsp3) is 0.229. The molecule has 8 nitrogen and oxygen atoms in total. The van der Waals surface area contributed by atoms with Crippen LogP contribution < -0.4 is 14.8 Å². The molecule has 0 saturated carbocycles. The third-order valence-electron chi connectivity index (χ3n) is 7.29. The van der Waals surface area contributed by atoms with E-state index in [2.05, 4.69) is 10.3 Å². The summed E-state index contributed by atoms with van der Waals surface area (Å²) in [5.41, 5.74) is 1.75. The molecular weight excluding hydrogens is 741 g/mol. The largest absolute Gasteiger partial charge is 0.493 e. The molecule has 5 rings (SSSR count). The first-order valence-electron chi connectivity index (χ1n) is 14.8. The van der Waals surface area contributed by atoms with Gasteiger partial charge in [-0.05, 0) is 59.2 Å². The maximum absolute atomic E-state index is 12.8. The highest BCUT2D eigenvalue weighted by Crippen LogP contribution is 2.34. The fourth-order valence-corrected chi connectivity index (χ4v) is 5.61. The number of methoxy groups -OCH3 is 2. The summed E-state index contributed by atoms with van der Waals surface area (Å²) >= 11 is 23.6. The van der Waals surface area contributed by atoms with E-state index in [-0.39, 0.29) is 38.8 Å². The molecule has 1 N–H and O–H groups in total. The highest BCUT2D eigenvalue weighted by atomic mass is 35.5. The summed E-state index contributed by atoms with van der Waals surface area (Å²) in [6.07, 6.45) is -2.23. The first-order chi connectivity index (χ1) is 23.8. The van der Waals surface area contributed by atoms with Crippen molar-refractivity contribution in [2.75, 3.05) is 40.5 Å².